The third kappa shape index (κ3) is 0.827. The zero-order chi connectivity index (χ0) is 9.12. The lowest BCUT2D eigenvalue weighted by Gasteiger charge is -1.73. The van der Waals surface area contributed by atoms with E-state index >= 15 is 0 Å². The molecule has 68 valence electrons. The lowest BCUT2D eigenvalue weighted by atomic mass is 10.3. The molecule has 0 atom stereocenters. The van der Waals surface area contributed by atoms with Gasteiger partial charge in [-0.1, -0.05) is 0 Å². The molecule has 0 aliphatic rings. The Hall–Kier alpha value is -0.420. The first kappa shape index (κ1) is 7.82. The van der Waals surface area contributed by atoms with Crippen molar-refractivity contribution in [1.82, 2.24) is 0 Å². The molecule has 4 heterocycles. The molecule has 0 spiro atoms. The summed E-state index contributed by atoms with van der Waals surface area (Å²) in [6, 6.07) is 4.50. The summed E-state index contributed by atoms with van der Waals surface area (Å²) in [5, 5.41) is 7.30. The Labute approximate surface area is 96.0 Å². The third-order valence-corrected chi connectivity index (χ3v) is 7.03. The standard InChI is InChI=1S/C10H4S4/c1-3-11-9-5(1)7-8(14-9)6-2-4-12-10(6)13-7/h1-4H. The highest BCUT2D eigenvalue weighted by Gasteiger charge is 2.12. The minimum absolute atomic E-state index is 1.46. The van der Waals surface area contributed by atoms with E-state index in [1.807, 2.05) is 45.3 Å². The van der Waals surface area contributed by atoms with E-state index in [0.29, 0.717) is 0 Å². The summed E-state index contributed by atoms with van der Waals surface area (Å²) in [4.78, 5) is 0. The monoisotopic (exact) mass is 252 g/mol. The van der Waals surface area contributed by atoms with Crippen molar-refractivity contribution in [3.63, 3.8) is 0 Å². The highest BCUT2D eigenvalue weighted by molar-refractivity contribution is 7.48. The van der Waals surface area contributed by atoms with E-state index in [9.17, 15) is 0 Å². The predicted molar refractivity (Wildman–Crippen MR) is 70.5 cm³/mol. The summed E-state index contributed by atoms with van der Waals surface area (Å²) in [6.45, 7) is 0. The molecule has 0 saturated heterocycles. The fourth-order valence-corrected chi connectivity index (χ4v) is 6.59. The van der Waals surface area contributed by atoms with Crippen molar-refractivity contribution < 1.29 is 0 Å². The van der Waals surface area contributed by atoms with E-state index in [2.05, 4.69) is 22.9 Å². The fraction of sp³-hybridized carbons (Fsp3) is 0. The van der Waals surface area contributed by atoms with Gasteiger partial charge in [-0.2, -0.15) is 0 Å². The van der Waals surface area contributed by atoms with E-state index in [-0.39, 0.29) is 0 Å². The number of hydrogen-bond acceptors (Lipinski definition) is 4. The normalized spacial score (nSPS) is 12.3. The van der Waals surface area contributed by atoms with Gasteiger partial charge in [0.25, 0.3) is 0 Å². The highest BCUT2D eigenvalue weighted by atomic mass is 32.2. The lowest BCUT2D eigenvalue weighted by Crippen LogP contribution is -1.46. The van der Waals surface area contributed by atoms with Gasteiger partial charge in [-0.3, -0.25) is 0 Å². The Balaban J connectivity index is 2.43. The Morgan fingerprint density at radius 2 is 1.21 bits per heavy atom. The Bertz CT molecular complexity index is 669. The third-order valence-electron chi connectivity index (χ3n) is 2.34. The summed E-state index contributed by atoms with van der Waals surface area (Å²) in [5.74, 6) is 0. The molecular weight excluding hydrogens is 248 g/mol. The van der Waals surface area contributed by atoms with Crippen LogP contribution in [0.3, 0.4) is 0 Å². The summed E-state index contributed by atoms with van der Waals surface area (Å²) in [5.41, 5.74) is 0. The average Bonchev–Trinajstić information content (AvgIpc) is 2.80. The van der Waals surface area contributed by atoms with Crippen molar-refractivity contribution in [2.24, 2.45) is 0 Å². The lowest BCUT2D eigenvalue weighted by molar-refractivity contribution is 2.21. The summed E-state index contributed by atoms with van der Waals surface area (Å²) >= 11 is 7.60. The molecule has 0 fully saturated rings. The SMILES string of the molecule is c1cc2c(s1)sc1c3ccsc3sc21. The summed E-state index contributed by atoms with van der Waals surface area (Å²) < 4.78 is 5.93. The van der Waals surface area contributed by atoms with Gasteiger partial charge in [-0.25, -0.2) is 0 Å². The van der Waals surface area contributed by atoms with Gasteiger partial charge in [-0.05, 0) is 22.9 Å². The maximum Gasteiger partial charge on any atom is 0.0886 e. The molecule has 4 rings (SSSR count). The maximum absolute atomic E-state index is 2.25. The Morgan fingerprint density at radius 1 is 0.714 bits per heavy atom. The molecule has 0 unspecified atom stereocenters. The van der Waals surface area contributed by atoms with Crippen LogP contribution in [0.4, 0.5) is 0 Å². The van der Waals surface area contributed by atoms with Gasteiger partial charge in [0.05, 0.1) is 17.4 Å². The smallest absolute Gasteiger partial charge is 0.0886 e. The van der Waals surface area contributed by atoms with Crippen LogP contribution in [0.15, 0.2) is 22.9 Å². The van der Waals surface area contributed by atoms with E-state index < -0.39 is 0 Å². The van der Waals surface area contributed by atoms with Gasteiger partial charge >= 0.3 is 0 Å². The topological polar surface area (TPSA) is 0 Å². The molecule has 0 aromatic carbocycles. The summed E-state index contributed by atoms with van der Waals surface area (Å²) in [6.07, 6.45) is 0. The number of hydrogen-bond donors (Lipinski definition) is 0. The zero-order valence-electron chi connectivity index (χ0n) is 6.94. The van der Waals surface area contributed by atoms with Gasteiger partial charge in [0.2, 0.25) is 0 Å². The molecule has 4 aromatic rings. The molecule has 0 aliphatic carbocycles. The van der Waals surface area contributed by atoms with E-state index in [1.165, 1.54) is 28.2 Å². The van der Waals surface area contributed by atoms with E-state index in [4.69, 9.17) is 0 Å². The van der Waals surface area contributed by atoms with Crippen LogP contribution in [0.25, 0.3) is 28.2 Å². The fourth-order valence-electron chi connectivity index (χ4n) is 1.72. The molecule has 0 amide bonds. The van der Waals surface area contributed by atoms with Crippen LogP contribution in [0.5, 0.6) is 0 Å². The second-order valence-corrected chi connectivity index (χ2v) is 7.50. The molecule has 0 bridgehead atoms. The van der Waals surface area contributed by atoms with Crippen LogP contribution in [-0.2, 0) is 0 Å². The summed E-state index contributed by atoms with van der Waals surface area (Å²) in [7, 11) is 0. The van der Waals surface area contributed by atoms with Crippen LogP contribution >= 0.6 is 45.3 Å². The van der Waals surface area contributed by atoms with Gasteiger partial charge in [0.15, 0.2) is 0 Å². The second kappa shape index (κ2) is 2.58. The number of fused-ring (bicyclic) bond motifs is 5. The Morgan fingerprint density at radius 3 is 1.71 bits per heavy atom. The Kier molecular flexibility index (Phi) is 1.44. The van der Waals surface area contributed by atoms with Crippen molar-refractivity contribution in [2.45, 2.75) is 0 Å². The molecule has 0 radical (unpaired) electrons. The minimum atomic E-state index is 1.46. The number of rotatable bonds is 0. The molecule has 0 aliphatic heterocycles. The zero-order valence-corrected chi connectivity index (χ0v) is 10.2. The molecule has 14 heavy (non-hydrogen) atoms. The van der Waals surface area contributed by atoms with Crippen LogP contribution in [0.2, 0.25) is 0 Å². The van der Waals surface area contributed by atoms with Crippen molar-refractivity contribution in [3.8, 4) is 0 Å². The van der Waals surface area contributed by atoms with Crippen LogP contribution in [0.1, 0.15) is 0 Å². The molecule has 0 N–H and O–H groups in total. The van der Waals surface area contributed by atoms with Gasteiger partial charge in [0, 0.05) is 10.8 Å². The van der Waals surface area contributed by atoms with Crippen molar-refractivity contribution >= 4 is 73.5 Å². The predicted octanol–water partition coefficient (Wildman–Crippen LogP) is 5.39. The molecule has 4 heteroatoms. The second-order valence-electron chi connectivity index (χ2n) is 3.11. The first-order valence-electron chi connectivity index (χ1n) is 4.19. The van der Waals surface area contributed by atoms with Crippen LogP contribution in [0, 0.1) is 0 Å². The van der Waals surface area contributed by atoms with Crippen molar-refractivity contribution in [3.05, 3.63) is 22.9 Å². The quantitative estimate of drug-likeness (QED) is 0.393. The largest absolute Gasteiger partial charge is 0.133 e. The van der Waals surface area contributed by atoms with Crippen LogP contribution < -0.4 is 0 Å². The van der Waals surface area contributed by atoms with Crippen LogP contribution in [-0.4, -0.2) is 0 Å². The first-order chi connectivity index (χ1) is 6.93. The maximum atomic E-state index is 2.25. The van der Waals surface area contributed by atoms with Crippen molar-refractivity contribution in [2.75, 3.05) is 0 Å². The minimum Gasteiger partial charge on any atom is -0.133 e. The van der Waals surface area contributed by atoms with E-state index in [1.54, 1.807) is 0 Å². The van der Waals surface area contributed by atoms with Gasteiger partial charge in [-0.15, -0.1) is 45.3 Å². The van der Waals surface area contributed by atoms with Gasteiger partial charge < -0.3 is 0 Å². The molecule has 0 saturated carbocycles. The first-order valence-corrected chi connectivity index (χ1v) is 7.58. The molecular formula is C10H4S4. The van der Waals surface area contributed by atoms with Gasteiger partial charge in [0.1, 0.15) is 0 Å². The number of thiophene rings is 4. The van der Waals surface area contributed by atoms with E-state index in [0.717, 1.165) is 0 Å². The highest BCUT2D eigenvalue weighted by Crippen LogP contribution is 2.47. The van der Waals surface area contributed by atoms with Crippen molar-refractivity contribution in [1.29, 1.82) is 0 Å². The molecule has 0 nitrogen and oxygen atoms in total. The average molecular weight is 252 g/mol. The molecule has 4 aromatic heterocycles.